The van der Waals surface area contributed by atoms with Crippen LogP contribution in [0, 0.1) is 0 Å². The van der Waals surface area contributed by atoms with E-state index in [0.717, 1.165) is 18.5 Å². The second-order valence-electron chi connectivity index (χ2n) is 3.70. The van der Waals surface area contributed by atoms with Gasteiger partial charge in [-0.1, -0.05) is 0 Å². The van der Waals surface area contributed by atoms with Crippen LogP contribution in [-0.4, -0.2) is 33.6 Å². The minimum Gasteiger partial charge on any atom is -0.480 e. The second-order valence-corrected chi connectivity index (χ2v) is 3.70. The first-order chi connectivity index (χ1) is 7.27. The van der Waals surface area contributed by atoms with Gasteiger partial charge in [0.25, 0.3) is 0 Å². The molecule has 1 heterocycles. The van der Waals surface area contributed by atoms with Crippen LogP contribution in [0.25, 0.3) is 0 Å². The van der Waals surface area contributed by atoms with Gasteiger partial charge in [0.2, 0.25) is 0 Å². The van der Waals surface area contributed by atoms with Crippen LogP contribution in [0.2, 0.25) is 0 Å². The molecule has 0 saturated heterocycles. The lowest BCUT2D eigenvalue weighted by Gasteiger charge is -2.37. The van der Waals surface area contributed by atoms with Gasteiger partial charge in [-0.3, -0.25) is 4.79 Å². The Labute approximate surface area is 87.8 Å². The highest BCUT2D eigenvalue weighted by molar-refractivity contribution is 5.73. The van der Waals surface area contributed by atoms with E-state index in [0.29, 0.717) is 6.04 Å². The fraction of sp³-hybridized carbons (Fsp3) is 0.500. The van der Waals surface area contributed by atoms with Crippen molar-refractivity contribution in [3.63, 3.8) is 0 Å². The molecule has 0 radical (unpaired) electrons. The zero-order valence-corrected chi connectivity index (χ0v) is 8.33. The summed E-state index contributed by atoms with van der Waals surface area (Å²) in [5, 5.41) is 8.83. The molecular formula is C10H13N3O2. The molecule has 0 aromatic carbocycles. The van der Waals surface area contributed by atoms with Crippen molar-refractivity contribution in [2.45, 2.75) is 25.3 Å². The van der Waals surface area contributed by atoms with Gasteiger partial charge in [-0.25, -0.2) is 9.97 Å². The summed E-state index contributed by atoms with van der Waals surface area (Å²) in [6.07, 6.45) is 8.06. The largest absolute Gasteiger partial charge is 0.480 e. The molecule has 80 valence electrons. The highest BCUT2D eigenvalue weighted by atomic mass is 16.4. The molecule has 0 unspecified atom stereocenters. The minimum absolute atomic E-state index is 0.0258. The van der Waals surface area contributed by atoms with Crippen LogP contribution in [0.4, 0.5) is 5.69 Å². The Balaban J connectivity index is 2.14. The van der Waals surface area contributed by atoms with E-state index in [4.69, 9.17) is 5.11 Å². The molecule has 0 aliphatic heterocycles. The fourth-order valence-corrected chi connectivity index (χ4v) is 1.71. The highest BCUT2D eigenvalue weighted by Gasteiger charge is 2.26. The molecule has 5 heteroatoms. The van der Waals surface area contributed by atoms with Crippen molar-refractivity contribution in [1.29, 1.82) is 0 Å². The molecule has 0 amide bonds. The third-order valence-electron chi connectivity index (χ3n) is 2.70. The molecule has 1 aromatic heterocycles. The van der Waals surface area contributed by atoms with Gasteiger partial charge >= 0.3 is 5.97 Å². The second kappa shape index (κ2) is 4.25. The predicted octanol–water partition coefficient (Wildman–Crippen LogP) is 0.920. The summed E-state index contributed by atoms with van der Waals surface area (Å²) >= 11 is 0. The molecule has 0 spiro atoms. The molecule has 1 aromatic rings. The summed E-state index contributed by atoms with van der Waals surface area (Å²) in [5.74, 6) is -0.814. The molecule has 0 bridgehead atoms. The first kappa shape index (κ1) is 9.89. The summed E-state index contributed by atoms with van der Waals surface area (Å²) < 4.78 is 0. The van der Waals surface area contributed by atoms with Gasteiger partial charge in [-0.2, -0.15) is 0 Å². The molecule has 5 nitrogen and oxygen atoms in total. The van der Waals surface area contributed by atoms with Gasteiger partial charge in [0.15, 0.2) is 0 Å². The molecule has 1 N–H and O–H groups in total. The van der Waals surface area contributed by atoms with E-state index in [-0.39, 0.29) is 6.54 Å². The van der Waals surface area contributed by atoms with Gasteiger partial charge in [0.1, 0.15) is 12.9 Å². The molecule has 15 heavy (non-hydrogen) atoms. The third-order valence-corrected chi connectivity index (χ3v) is 2.70. The van der Waals surface area contributed by atoms with Crippen molar-refractivity contribution >= 4 is 11.7 Å². The van der Waals surface area contributed by atoms with Crippen LogP contribution >= 0.6 is 0 Å². The Kier molecular flexibility index (Phi) is 2.80. The number of aliphatic carboxylic acids is 1. The smallest absolute Gasteiger partial charge is 0.323 e. The lowest BCUT2D eigenvalue weighted by atomic mass is 9.91. The number of hydrogen-bond acceptors (Lipinski definition) is 4. The summed E-state index contributed by atoms with van der Waals surface area (Å²) in [6, 6.07) is 0.340. The number of anilines is 1. The monoisotopic (exact) mass is 207 g/mol. The van der Waals surface area contributed by atoms with E-state index in [1.165, 1.54) is 12.7 Å². The zero-order chi connectivity index (χ0) is 10.7. The lowest BCUT2D eigenvalue weighted by molar-refractivity contribution is -0.135. The Hall–Kier alpha value is -1.65. The fourth-order valence-electron chi connectivity index (χ4n) is 1.71. The molecule has 2 rings (SSSR count). The van der Waals surface area contributed by atoms with Crippen LogP contribution in [0.1, 0.15) is 19.3 Å². The lowest BCUT2D eigenvalue weighted by Crippen LogP contribution is -2.43. The van der Waals surface area contributed by atoms with Crippen molar-refractivity contribution in [3.8, 4) is 0 Å². The number of nitrogens with zero attached hydrogens (tertiary/aromatic N) is 3. The molecular weight excluding hydrogens is 194 g/mol. The van der Waals surface area contributed by atoms with Gasteiger partial charge in [-0.05, 0) is 19.3 Å². The van der Waals surface area contributed by atoms with Gasteiger partial charge in [0, 0.05) is 6.04 Å². The maximum absolute atomic E-state index is 10.7. The van der Waals surface area contributed by atoms with Crippen LogP contribution < -0.4 is 4.90 Å². The van der Waals surface area contributed by atoms with E-state index >= 15 is 0 Å². The normalized spacial score (nSPS) is 15.7. The van der Waals surface area contributed by atoms with E-state index in [1.807, 2.05) is 4.90 Å². The predicted molar refractivity (Wildman–Crippen MR) is 54.7 cm³/mol. The van der Waals surface area contributed by atoms with Gasteiger partial charge in [0.05, 0.1) is 18.1 Å². The Bertz CT molecular complexity index is 338. The molecule has 0 atom stereocenters. The quantitative estimate of drug-likeness (QED) is 0.795. The summed E-state index contributed by atoms with van der Waals surface area (Å²) in [5.41, 5.74) is 0.796. The minimum atomic E-state index is -0.814. The molecule has 1 saturated carbocycles. The number of hydrogen-bond donors (Lipinski definition) is 1. The van der Waals surface area contributed by atoms with Crippen LogP contribution in [0.15, 0.2) is 18.7 Å². The van der Waals surface area contributed by atoms with Crippen LogP contribution in [0.3, 0.4) is 0 Å². The molecule has 1 fully saturated rings. The Morgan fingerprint density at radius 3 is 2.60 bits per heavy atom. The average molecular weight is 207 g/mol. The number of aromatic nitrogens is 2. The average Bonchev–Trinajstić information content (AvgIpc) is 2.15. The molecule has 1 aliphatic carbocycles. The van der Waals surface area contributed by atoms with E-state index < -0.39 is 5.97 Å². The summed E-state index contributed by atoms with van der Waals surface area (Å²) in [7, 11) is 0. The molecule has 1 aliphatic rings. The van der Waals surface area contributed by atoms with Crippen molar-refractivity contribution in [3.05, 3.63) is 18.7 Å². The van der Waals surface area contributed by atoms with Crippen LogP contribution in [-0.2, 0) is 4.79 Å². The number of carbonyl (C=O) groups is 1. The first-order valence-corrected chi connectivity index (χ1v) is 5.01. The zero-order valence-electron chi connectivity index (χ0n) is 8.33. The van der Waals surface area contributed by atoms with E-state index in [9.17, 15) is 4.79 Å². The number of carboxylic acids is 1. The summed E-state index contributed by atoms with van der Waals surface area (Å²) in [6.45, 7) is 0.0258. The highest BCUT2D eigenvalue weighted by Crippen LogP contribution is 2.28. The number of rotatable bonds is 4. The Morgan fingerprint density at radius 1 is 1.47 bits per heavy atom. The maximum Gasteiger partial charge on any atom is 0.323 e. The summed E-state index contributed by atoms with van der Waals surface area (Å²) in [4.78, 5) is 20.4. The van der Waals surface area contributed by atoms with Gasteiger partial charge < -0.3 is 10.0 Å². The maximum atomic E-state index is 10.7. The number of carboxylic acid groups (broad SMARTS) is 1. The van der Waals surface area contributed by atoms with E-state index in [1.54, 1.807) is 12.4 Å². The topological polar surface area (TPSA) is 66.3 Å². The van der Waals surface area contributed by atoms with Crippen molar-refractivity contribution in [2.24, 2.45) is 0 Å². The van der Waals surface area contributed by atoms with Crippen molar-refractivity contribution in [1.82, 2.24) is 9.97 Å². The van der Waals surface area contributed by atoms with E-state index in [2.05, 4.69) is 9.97 Å². The third kappa shape index (κ3) is 2.23. The van der Waals surface area contributed by atoms with Crippen molar-refractivity contribution in [2.75, 3.05) is 11.4 Å². The first-order valence-electron chi connectivity index (χ1n) is 5.01. The van der Waals surface area contributed by atoms with Gasteiger partial charge in [-0.15, -0.1) is 0 Å². The van der Waals surface area contributed by atoms with Crippen molar-refractivity contribution < 1.29 is 9.90 Å². The standard InChI is InChI=1S/C10H13N3O2/c14-10(15)6-13(8-2-1-3-8)9-4-11-7-12-5-9/h4-5,7-8H,1-3,6H2,(H,14,15). The Morgan fingerprint density at radius 2 is 2.13 bits per heavy atom. The van der Waals surface area contributed by atoms with Crippen LogP contribution in [0.5, 0.6) is 0 Å². The SMILES string of the molecule is O=C(O)CN(c1cncnc1)C1CCC1.